The molecule has 0 aliphatic heterocycles. The van der Waals surface area contributed by atoms with Crippen LogP contribution in [0.1, 0.15) is 30.9 Å². The molecule has 1 aromatic carbocycles. The second kappa shape index (κ2) is 9.75. The van der Waals surface area contributed by atoms with Crippen molar-refractivity contribution < 1.29 is 4.79 Å². The van der Waals surface area contributed by atoms with E-state index in [0.29, 0.717) is 19.6 Å². The zero-order valence-electron chi connectivity index (χ0n) is 15.8. The monoisotopic (exact) mass is 368 g/mol. The van der Waals surface area contributed by atoms with Crippen LogP contribution in [0.5, 0.6) is 0 Å². The molecule has 27 heavy (non-hydrogen) atoms. The van der Waals surface area contributed by atoms with Gasteiger partial charge in [0.15, 0.2) is 5.96 Å². The molecule has 0 saturated heterocycles. The maximum absolute atomic E-state index is 11.6. The van der Waals surface area contributed by atoms with E-state index in [1.807, 2.05) is 42.2 Å². The third kappa shape index (κ3) is 6.44. The van der Waals surface area contributed by atoms with Crippen molar-refractivity contribution in [1.29, 1.82) is 0 Å². The third-order valence-electron chi connectivity index (χ3n) is 4.30. The molecule has 1 aliphatic rings. The van der Waals surface area contributed by atoms with Crippen molar-refractivity contribution in [2.24, 2.45) is 10.9 Å². The molecule has 3 rings (SSSR count). The van der Waals surface area contributed by atoms with Crippen LogP contribution in [-0.2, 0) is 17.9 Å². The van der Waals surface area contributed by atoms with E-state index < -0.39 is 0 Å². The number of rotatable bonds is 9. The van der Waals surface area contributed by atoms with E-state index in [0.717, 1.165) is 37.5 Å². The van der Waals surface area contributed by atoms with Crippen molar-refractivity contribution in [2.75, 3.05) is 19.6 Å². The van der Waals surface area contributed by atoms with Crippen LogP contribution in [0.4, 0.5) is 0 Å². The summed E-state index contributed by atoms with van der Waals surface area (Å²) in [5.74, 6) is 1.16. The highest BCUT2D eigenvalue weighted by molar-refractivity contribution is 5.81. The minimum atomic E-state index is 0.171. The first kappa shape index (κ1) is 18.9. The molecule has 0 unspecified atom stereocenters. The lowest BCUT2D eigenvalue weighted by Crippen LogP contribution is -2.41. The molecular weight excluding hydrogens is 340 g/mol. The van der Waals surface area contributed by atoms with Gasteiger partial charge in [-0.15, -0.1) is 0 Å². The van der Waals surface area contributed by atoms with Crippen molar-refractivity contribution in [1.82, 2.24) is 25.7 Å². The normalized spacial score (nSPS) is 14.0. The molecule has 1 aromatic heterocycles. The zero-order valence-corrected chi connectivity index (χ0v) is 15.8. The second-order valence-corrected chi connectivity index (χ2v) is 6.72. The number of nitrogens with one attached hydrogen (secondary N) is 3. The van der Waals surface area contributed by atoms with E-state index in [1.165, 1.54) is 5.56 Å². The molecule has 3 N–H and O–H groups in total. The van der Waals surface area contributed by atoms with Gasteiger partial charge in [0.05, 0.1) is 19.3 Å². The molecule has 1 amide bonds. The van der Waals surface area contributed by atoms with Crippen LogP contribution in [0, 0.1) is 5.92 Å². The minimum absolute atomic E-state index is 0.171. The number of guanidine groups is 1. The first-order valence-corrected chi connectivity index (χ1v) is 9.59. The summed E-state index contributed by atoms with van der Waals surface area (Å²) in [6.45, 7) is 5.38. The molecule has 0 spiro atoms. The van der Waals surface area contributed by atoms with Gasteiger partial charge in [-0.2, -0.15) is 5.10 Å². The van der Waals surface area contributed by atoms with Crippen LogP contribution < -0.4 is 16.0 Å². The molecule has 144 valence electrons. The van der Waals surface area contributed by atoms with Crippen molar-refractivity contribution >= 4 is 11.9 Å². The highest BCUT2D eigenvalue weighted by Gasteiger charge is 2.28. The lowest BCUT2D eigenvalue weighted by molar-refractivity contribution is -0.122. The lowest BCUT2D eigenvalue weighted by atomic mass is 10.2. The average Bonchev–Trinajstić information content (AvgIpc) is 3.44. The Bertz CT molecular complexity index is 751. The summed E-state index contributed by atoms with van der Waals surface area (Å²) < 4.78 is 1.92. The van der Waals surface area contributed by atoms with Gasteiger partial charge in [-0.05, 0) is 25.3 Å². The minimum Gasteiger partial charge on any atom is -0.357 e. The van der Waals surface area contributed by atoms with E-state index in [9.17, 15) is 4.79 Å². The Kier molecular flexibility index (Phi) is 6.84. The summed E-state index contributed by atoms with van der Waals surface area (Å²) in [5.41, 5.74) is 2.28. The van der Waals surface area contributed by atoms with Gasteiger partial charge in [-0.3, -0.25) is 9.48 Å². The van der Waals surface area contributed by atoms with Crippen LogP contribution >= 0.6 is 0 Å². The number of benzene rings is 1. The SMILES string of the molecule is CCNC(=NCc1cnn(Cc2ccccc2)c1)NCCNC(=O)C1CC1. The number of carbonyl (C=O) groups excluding carboxylic acids is 1. The maximum atomic E-state index is 11.6. The smallest absolute Gasteiger partial charge is 0.223 e. The summed E-state index contributed by atoms with van der Waals surface area (Å²) >= 11 is 0. The summed E-state index contributed by atoms with van der Waals surface area (Å²) in [6.07, 6.45) is 5.93. The fourth-order valence-electron chi connectivity index (χ4n) is 2.71. The fraction of sp³-hybridized carbons (Fsp3) is 0.450. The Morgan fingerprint density at radius 3 is 2.67 bits per heavy atom. The highest BCUT2D eigenvalue weighted by atomic mass is 16.2. The van der Waals surface area contributed by atoms with Crippen molar-refractivity contribution in [3.63, 3.8) is 0 Å². The number of amides is 1. The van der Waals surface area contributed by atoms with Gasteiger partial charge in [0.25, 0.3) is 0 Å². The number of aliphatic imine (C=N–C) groups is 1. The van der Waals surface area contributed by atoms with Gasteiger partial charge in [-0.1, -0.05) is 30.3 Å². The number of carbonyl (C=O) groups is 1. The number of hydrogen-bond acceptors (Lipinski definition) is 3. The number of hydrogen-bond donors (Lipinski definition) is 3. The van der Waals surface area contributed by atoms with E-state index >= 15 is 0 Å². The fourth-order valence-corrected chi connectivity index (χ4v) is 2.71. The predicted molar refractivity (Wildman–Crippen MR) is 106 cm³/mol. The molecule has 7 heteroatoms. The molecule has 2 aromatic rings. The van der Waals surface area contributed by atoms with E-state index in [2.05, 4.69) is 38.2 Å². The molecule has 1 fully saturated rings. The quantitative estimate of drug-likeness (QED) is 0.356. The first-order valence-electron chi connectivity index (χ1n) is 9.59. The predicted octanol–water partition coefficient (Wildman–Crippen LogP) is 1.51. The molecule has 0 radical (unpaired) electrons. The van der Waals surface area contributed by atoms with Crippen LogP contribution in [0.3, 0.4) is 0 Å². The van der Waals surface area contributed by atoms with Crippen LogP contribution in [0.2, 0.25) is 0 Å². The molecule has 1 saturated carbocycles. The molecule has 1 heterocycles. The van der Waals surface area contributed by atoms with Gasteiger partial charge in [0.1, 0.15) is 0 Å². The molecule has 7 nitrogen and oxygen atoms in total. The summed E-state index contributed by atoms with van der Waals surface area (Å²) in [7, 11) is 0. The molecular formula is C20H28N6O. The van der Waals surface area contributed by atoms with E-state index in [1.54, 1.807) is 0 Å². The van der Waals surface area contributed by atoms with E-state index in [4.69, 9.17) is 0 Å². The first-order chi connectivity index (χ1) is 13.2. The van der Waals surface area contributed by atoms with Gasteiger partial charge in [-0.25, -0.2) is 4.99 Å². The average molecular weight is 368 g/mol. The third-order valence-corrected chi connectivity index (χ3v) is 4.30. The summed E-state index contributed by atoms with van der Waals surface area (Å²) in [6, 6.07) is 10.3. The lowest BCUT2D eigenvalue weighted by Gasteiger charge is -2.11. The molecule has 1 aliphatic carbocycles. The van der Waals surface area contributed by atoms with Crippen molar-refractivity contribution in [2.45, 2.75) is 32.9 Å². The Morgan fingerprint density at radius 1 is 1.15 bits per heavy atom. The zero-order chi connectivity index (χ0) is 18.9. The largest absolute Gasteiger partial charge is 0.357 e. The van der Waals surface area contributed by atoms with Crippen molar-refractivity contribution in [3.05, 3.63) is 53.9 Å². The standard InChI is InChI=1S/C20H28N6O/c1-2-21-20(23-11-10-22-19(27)18-8-9-18)24-12-17-13-25-26(15-17)14-16-6-4-3-5-7-16/h3-7,13,15,18H,2,8-12,14H2,1H3,(H,22,27)(H2,21,23,24). The Labute approximate surface area is 160 Å². The Morgan fingerprint density at radius 2 is 1.93 bits per heavy atom. The van der Waals surface area contributed by atoms with Crippen molar-refractivity contribution in [3.8, 4) is 0 Å². The highest BCUT2D eigenvalue weighted by Crippen LogP contribution is 2.28. The van der Waals surface area contributed by atoms with Gasteiger partial charge in [0, 0.05) is 37.3 Å². The number of nitrogens with zero attached hydrogens (tertiary/aromatic N) is 3. The Balaban J connectivity index is 1.45. The van der Waals surface area contributed by atoms with Gasteiger partial charge < -0.3 is 16.0 Å². The summed E-state index contributed by atoms with van der Waals surface area (Å²) in [5, 5.41) is 13.8. The van der Waals surface area contributed by atoms with Gasteiger partial charge in [0.2, 0.25) is 5.91 Å². The molecule has 0 atom stereocenters. The number of aromatic nitrogens is 2. The van der Waals surface area contributed by atoms with Crippen LogP contribution in [-0.4, -0.2) is 41.3 Å². The second-order valence-electron chi connectivity index (χ2n) is 6.72. The van der Waals surface area contributed by atoms with Crippen LogP contribution in [0.25, 0.3) is 0 Å². The van der Waals surface area contributed by atoms with Crippen LogP contribution in [0.15, 0.2) is 47.7 Å². The maximum Gasteiger partial charge on any atom is 0.223 e. The van der Waals surface area contributed by atoms with E-state index in [-0.39, 0.29) is 11.8 Å². The van der Waals surface area contributed by atoms with Gasteiger partial charge >= 0.3 is 0 Å². The molecule has 0 bridgehead atoms. The summed E-state index contributed by atoms with van der Waals surface area (Å²) in [4.78, 5) is 16.2. The Hall–Kier alpha value is -2.83. The topological polar surface area (TPSA) is 83.3 Å².